The highest BCUT2D eigenvalue weighted by Gasteiger charge is 2.49. The third-order valence-corrected chi connectivity index (χ3v) is 4.90. The molecule has 3 rings (SSSR count). The summed E-state index contributed by atoms with van der Waals surface area (Å²) in [5, 5.41) is 11.8. The van der Waals surface area contributed by atoms with Crippen molar-refractivity contribution in [1.82, 2.24) is 0 Å². The maximum Gasteiger partial charge on any atom is 0.307 e. The zero-order valence-corrected chi connectivity index (χ0v) is 11.8. The predicted octanol–water partition coefficient (Wildman–Crippen LogP) is 1.63. The molecule has 5 heteroatoms. The van der Waals surface area contributed by atoms with Crippen molar-refractivity contribution in [2.24, 2.45) is 23.5 Å². The molecule has 2 aliphatic rings. The number of carbonyl (C=O) groups is 2. The van der Waals surface area contributed by atoms with Crippen molar-refractivity contribution >= 4 is 17.6 Å². The number of para-hydroxylation sites is 1. The molecule has 2 aliphatic carbocycles. The van der Waals surface area contributed by atoms with Gasteiger partial charge in [-0.2, -0.15) is 0 Å². The van der Waals surface area contributed by atoms with Crippen molar-refractivity contribution < 1.29 is 14.7 Å². The molecule has 1 aromatic rings. The van der Waals surface area contributed by atoms with E-state index in [-0.39, 0.29) is 24.3 Å². The van der Waals surface area contributed by atoms with Crippen LogP contribution in [0.15, 0.2) is 24.3 Å². The lowest BCUT2D eigenvalue weighted by atomic mass is 9.84. The lowest BCUT2D eigenvalue weighted by Crippen LogP contribution is -2.42. The third-order valence-electron chi connectivity index (χ3n) is 4.90. The monoisotopic (exact) mass is 288 g/mol. The van der Waals surface area contributed by atoms with Gasteiger partial charge in [0.05, 0.1) is 12.3 Å². The standard InChI is InChI=1S/C16H20N2O3/c17-15-11-6-5-10(7-11)14(15)16(21)18-12-4-2-1-3-9(12)8-13(19)20/h1-4,10-11,14-15H,5-8,17H2,(H,18,21)(H,19,20). The minimum Gasteiger partial charge on any atom is -0.481 e. The number of hydrogen-bond donors (Lipinski definition) is 3. The number of fused-ring (bicyclic) bond motifs is 2. The topological polar surface area (TPSA) is 92.4 Å². The molecule has 0 saturated heterocycles. The summed E-state index contributed by atoms with van der Waals surface area (Å²) in [6.07, 6.45) is 3.16. The minimum atomic E-state index is -0.909. The number of hydrogen-bond acceptors (Lipinski definition) is 3. The first-order chi connectivity index (χ1) is 10.1. The molecule has 112 valence electrons. The van der Waals surface area contributed by atoms with Crippen molar-refractivity contribution in [3.05, 3.63) is 29.8 Å². The highest BCUT2D eigenvalue weighted by atomic mass is 16.4. The van der Waals surface area contributed by atoms with Crippen molar-refractivity contribution in [3.63, 3.8) is 0 Å². The lowest BCUT2D eigenvalue weighted by Gasteiger charge is -2.27. The Kier molecular flexibility index (Phi) is 3.68. The molecule has 1 aromatic carbocycles. The van der Waals surface area contributed by atoms with Crippen molar-refractivity contribution in [2.75, 3.05) is 5.32 Å². The number of nitrogens with two attached hydrogens (primary N) is 1. The fraction of sp³-hybridized carbons (Fsp3) is 0.500. The summed E-state index contributed by atoms with van der Waals surface area (Å²) in [5.41, 5.74) is 7.39. The Morgan fingerprint density at radius 1 is 1.24 bits per heavy atom. The van der Waals surface area contributed by atoms with Crippen LogP contribution in [-0.2, 0) is 16.0 Å². The van der Waals surface area contributed by atoms with Crippen LogP contribution in [0, 0.1) is 17.8 Å². The summed E-state index contributed by atoms with van der Waals surface area (Å²) in [7, 11) is 0. The molecule has 4 unspecified atom stereocenters. The van der Waals surface area contributed by atoms with Crippen molar-refractivity contribution in [1.29, 1.82) is 0 Å². The predicted molar refractivity (Wildman–Crippen MR) is 78.7 cm³/mol. The van der Waals surface area contributed by atoms with Crippen LogP contribution in [0.25, 0.3) is 0 Å². The van der Waals surface area contributed by atoms with Gasteiger partial charge in [-0.25, -0.2) is 0 Å². The van der Waals surface area contributed by atoms with Gasteiger partial charge in [0.25, 0.3) is 0 Å². The Balaban J connectivity index is 1.75. The van der Waals surface area contributed by atoms with Crippen LogP contribution in [0.5, 0.6) is 0 Å². The van der Waals surface area contributed by atoms with E-state index >= 15 is 0 Å². The summed E-state index contributed by atoms with van der Waals surface area (Å²) in [4.78, 5) is 23.4. The number of carboxylic acids is 1. The molecule has 1 amide bonds. The highest BCUT2D eigenvalue weighted by molar-refractivity contribution is 5.94. The summed E-state index contributed by atoms with van der Waals surface area (Å²) < 4.78 is 0. The third kappa shape index (κ3) is 2.65. The van der Waals surface area contributed by atoms with Gasteiger partial charge in [0.2, 0.25) is 5.91 Å². The summed E-state index contributed by atoms with van der Waals surface area (Å²) in [6.45, 7) is 0. The number of carbonyl (C=O) groups excluding carboxylic acids is 1. The SMILES string of the molecule is NC1C2CCC(C2)C1C(=O)Nc1ccccc1CC(=O)O. The van der Waals surface area contributed by atoms with Gasteiger partial charge in [-0.1, -0.05) is 18.2 Å². The molecule has 21 heavy (non-hydrogen) atoms. The van der Waals surface area contributed by atoms with Crippen LogP contribution < -0.4 is 11.1 Å². The van der Waals surface area contributed by atoms with Gasteiger partial charge in [-0.3, -0.25) is 9.59 Å². The van der Waals surface area contributed by atoms with Crippen molar-refractivity contribution in [3.8, 4) is 0 Å². The average Bonchev–Trinajstić information content (AvgIpc) is 3.01. The van der Waals surface area contributed by atoms with E-state index in [1.807, 2.05) is 0 Å². The Labute approximate surface area is 123 Å². The molecule has 0 aromatic heterocycles. The highest BCUT2D eigenvalue weighted by Crippen LogP contribution is 2.47. The number of carboxylic acid groups (broad SMARTS) is 1. The van der Waals surface area contributed by atoms with E-state index in [1.165, 1.54) is 0 Å². The van der Waals surface area contributed by atoms with E-state index in [2.05, 4.69) is 5.32 Å². The van der Waals surface area contributed by atoms with E-state index in [4.69, 9.17) is 10.8 Å². The fourth-order valence-corrected chi connectivity index (χ4v) is 3.90. The van der Waals surface area contributed by atoms with Crippen LogP contribution in [-0.4, -0.2) is 23.0 Å². The number of rotatable bonds is 4. The quantitative estimate of drug-likeness (QED) is 0.785. The second-order valence-electron chi connectivity index (χ2n) is 6.15. The molecule has 0 spiro atoms. The van der Waals surface area contributed by atoms with Gasteiger partial charge in [0.1, 0.15) is 0 Å². The molecule has 0 aliphatic heterocycles. The zero-order chi connectivity index (χ0) is 15.0. The molecular formula is C16H20N2O3. The van der Waals surface area contributed by atoms with Crippen molar-refractivity contribution in [2.45, 2.75) is 31.7 Å². The van der Waals surface area contributed by atoms with Gasteiger partial charge in [0, 0.05) is 11.7 Å². The average molecular weight is 288 g/mol. The fourth-order valence-electron chi connectivity index (χ4n) is 3.90. The molecule has 4 atom stereocenters. The summed E-state index contributed by atoms with van der Waals surface area (Å²) >= 11 is 0. The van der Waals surface area contributed by atoms with Gasteiger partial charge in [0.15, 0.2) is 0 Å². The van der Waals surface area contributed by atoms with Crippen LogP contribution in [0.4, 0.5) is 5.69 Å². The first-order valence-corrected chi connectivity index (χ1v) is 7.42. The van der Waals surface area contributed by atoms with E-state index in [0.29, 0.717) is 23.1 Å². The maximum absolute atomic E-state index is 12.5. The van der Waals surface area contributed by atoms with Crippen LogP contribution in [0.2, 0.25) is 0 Å². The number of anilines is 1. The summed E-state index contributed by atoms with van der Waals surface area (Å²) in [6, 6.07) is 6.98. The Morgan fingerprint density at radius 2 is 1.95 bits per heavy atom. The Bertz CT molecular complexity index is 570. The molecule has 2 fully saturated rings. The Hall–Kier alpha value is -1.88. The molecule has 2 bridgehead atoms. The molecule has 2 saturated carbocycles. The Morgan fingerprint density at radius 3 is 2.62 bits per heavy atom. The molecule has 4 N–H and O–H groups in total. The van der Waals surface area contributed by atoms with Gasteiger partial charge in [-0.05, 0) is 42.7 Å². The number of aliphatic carboxylic acids is 1. The van der Waals surface area contributed by atoms with Gasteiger partial charge in [-0.15, -0.1) is 0 Å². The van der Waals surface area contributed by atoms with Gasteiger partial charge < -0.3 is 16.2 Å². The number of benzene rings is 1. The molecular weight excluding hydrogens is 268 g/mol. The smallest absolute Gasteiger partial charge is 0.307 e. The number of nitrogens with one attached hydrogen (secondary N) is 1. The van der Waals surface area contributed by atoms with Crippen LogP contribution in [0.1, 0.15) is 24.8 Å². The second-order valence-corrected chi connectivity index (χ2v) is 6.15. The zero-order valence-electron chi connectivity index (χ0n) is 11.8. The van der Waals surface area contributed by atoms with E-state index in [0.717, 1.165) is 19.3 Å². The minimum absolute atomic E-state index is 0.0598. The van der Waals surface area contributed by atoms with Crippen LogP contribution in [0.3, 0.4) is 0 Å². The molecule has 0 heterocycles. The van der Waals surface area contributed by atoms with E-state index in [9.17, 15) is 9.59 Å². The van der Waals surface area contributed by atoms with E-state index in [1.54, 1.807) is 24.3 Å². The van der Waals surface area contributed by atoms with E-state index < -0.39 is 5.97 Å². The van der Waals surface area contributed by atoms with Crippen LogP contribution >= 0.6 is 0 Å². The first kappa shape index (κ1) is 14.1. The maximum atomic E-state index is 12.5. The normalized spacial score (nSPS) is 30.3. The summed E-state index contributed by atoms with van der Waals surface area (Å²) in [5.74, 6) is -0.251. The molecule has 0 radical (unpaired) electrons. The molecule has 5 nitrogen and oxygen atoms in total. The first-order valence-electron chi connectivity index (χ1n) is 7.42. The van der Waals surface area contributed by atoms with Gasteiger partial charge >= 0.3 is 5.97 Å². The lowest BCUT2D eigenvalue weighted by molar-refractivity contribution is -0.136. The largest absolute Gasteiger partial charge is 0.481 e. The second kappa shape index (κ2) is 5.48. The number of amides is 1.